The van der Waals surface area contributed by atoms with Crippen LogP contribution in [0.3, 0.4) is 0 Å². The Balaban J connectivity index is 1.98. The number of halogens is 1. The van der Waals surface area contributed by atoms with Crippen molar-refractivity contribution in [2.24, 2.45) is 0 Å². The lowest BCUT2D eigenvalue weighted by atomic mass is 10.1. The number of hydrogen-bond acceptors (Lipinski definition) is 1. The summed E-state index contributed by atoms with van der Waals surface area (Å²) in [7, 11) is 0. The molecule has 0 radical (unpaired) electrons. The average Bonchev–Trinajstić information content (AvgIpc) is 2.90. The summed E-state index contributed by atoms with van der Waals surface area (Å²) in [5, 5.41) is 13.4. The fraction of sp³-hybridized carbons (Fsp3) is 0.118. The minimum absolute atomic E-state index is 0.256. The van der Waals surface area contributed by atoms with E-state index in [1.807, 2.05) is 61.7 Å². The third-order valence-corrected chi connectivity index (χ3v) is 4.08. The summed E-state index contributed by atoms with van der Waals surface area (Å²) in [6.07, 6.45) is 3.53. The van der Waals surface area contributed by atoms with Crippen LogP contribution in [0.5, 0.6) is 0 Å². The van der Waals surface area contributed by atoms with Gasteiger partial charge in [-0.2, -0.15) is 0 Å². The lowest BCUT2D eigenvalue weighted by molar-refractivity contribution is -0.497. The van der Waals surface area contributed by atoms with Crippen LogP contribution in [0.25, 0.3) is 10.9 Å². The van der Waals surface area contributed by atoms with E-state index in [4.69, 9.17) is 0 Å². The maximum Gasteiger partial charge on any atom is 0.187 e. The highest BCUT2D eigenvalue weighted by molar-refractivity contribution is 9.10. The first kappa shape index (κ1) is 13.9. The molecule has 3 aromatic rings. The molecule has 4 heteroatoms. The molecule has 3 nitrogen and oxygen atoms in total. The Bertz CT molecular complexity index is 793. The molecule has 1 atom stereocenters. The van der Waals surface area contributed by atoms with Gasteiger partial charge in [0.25, 0.3) is 0 Å². The molecular weight excluding hydrogens is 328 g/mol. The molecule has 0 aliphatic rings. The molecule has 106 valence electrons. The van der Waals surface area contributed by atoms with Crippen molar-refractivity contribution in [3.8, 4) is 0 Å². The number of hydroxylamine groups is 1. The number of aromatic amines is 1. The molecule has 1 aromatic heterocycles. The smallest absolute Gasteiger partial charge is 0.187 e. The standard InChI is InChI=1S/C17H15BrN2O/c1-12(20(21)11-13-5-3-2-4-6-13)16-10-19-17-8-7-14(18)9-15(16)17/h2-12,19H,1H3/b20-11+. The van der Waals surface area contributed by atoms with Gasteiger partial charge in [-0.1, -0.05) is 34.1 Å². The number of fused-ring (bicyclic) bond motifs is 1. The van der Waals surface area contributed by atoms with Crippen LogP contribution in [0.1, 0.15) is 24.1 Å². The SMILES string of the molecule is CC(c1c[nH]c2ccc(Br)cc12)/[N+]([O-])=C\c1ccccc1. The van der Waals surface area contributed by atoms with Gasteiger partial charge in [0, 0.05) is 39.6 Å². The first-order valence-corrected chi connectivity index (χ1v) is 7.56. The molecule has 1 unspecified atom stereocenters. The Labute approximate surface area is 131 Å². The molecule has 0 bridgehead atoms. The van der Waals surface area contributed by atoms with Crippen molar-refractivity contribution in [1.29, 1.82) is 0 Å². The van der Waals surface area contributed by atoms with Crippen LogP contribution in [-0.4, -0.2) is 15.9 Å². The van der Waals surface area contributed by atoms with Gasteiger partial charge in [-0.3, -0.25) is 0 Å². The van der Waals surface area contributed by atoms with Gasteiger partial charge < -0.3 is 10.2 Å². The van der Waals surface area contributed by atoms with Crippen molar-refractivity contribution in [1.82, 2.24) is 4.98 Å². The second-order valence-corrected chi connectivity index (χ2v) is 5.93. The maximum absolute atomic E-state index is 12.4. The molecule has 0 fully saturated rings. The summed E-state index contributed by atoms with van der Waals surface area (Å²) in [5.41, 5.74) is 2.93. The van der Waals surface area contributed by atoms with Crippen LogP contribution in [-0.2, 0) is 0 Å². The molecule has 0 saturated heterocycles. The fourth-order valence-corrected chi connectivity index (χ4v) is 2.76. The highest BCUT2D eigenvalue weighted by atomic mass is 79.9. The molecule has 0 amide bonds. The summed E-state index contributed by atoms with van der Waals surface area (Å²) in [6, 6.07) is 15.4. The summed E-state index contributed by atoms with van der Waals surface area (Å²) in [5.74, 6) is 0. The zero-order valence-electron chi connectivity index (χ0n) is 11.6. The van der Waals surface area contributed by atoms with Crippen molar-refractivity contribution in [2.75, 3.05) is 0 Å². The Hall–Kier alpha value is -2.07. The van der Waals surface area contributed by atoms with Gasteiger partial charge in [-0.25, -0.2) is 4.74 Å². The van der Waals surface area contributed by atoms with Gasteiger partial charge >= 0.3 is 0 Å². The predicted molar refractivity (Wildman–Crippen MR) is 89.6 cm³/mol. The van der Waals surface area contributed by atoms with Crippen LogP contribution < -0.4 is 0 Å². The minimum Gasteiger partial charge on any atom is -0.623 e. The summed E-state index contributed by atoms with van der Waals surface area (Å²) in [6.45, 7) is 1.91. The van der Waals surface area contributed by atoms with E-state index in [2.05, 4.69) is 20.9 Å². The largest absolute Gasteiger partial charge is 0.623 e. The predicted octanol–water partition coefficient (Wildman–Crippen LogP) is 4.62. The number of nitrogens with one attached hydrogen (secondary N) is 1. The van der Waals surface area contributed by atoms with Crippen LogP contribution in [0, 0.1) is 5.21 Å². The molecule has 0 saturated carbocycles. The zero-order valence-corrected chi connectivity index (χ0v) is 13.2. The Morgan fingerprint density at radius 3 is 2.71 bits per heavy atom. The van der Waals surface area contributed by atoms with Crippen LogP contribution in [0.15, 0.2) is 59.2 Å². The Morgan fingerprint density at radius 1 is 1.19 bits per heavy atom. The highest BCUT2D eigenvalue weighted by Crippen LogP contribution is 2.28. The van der Waals surface area contributed by atoms with Gasteiger partial charge in [0.2, 0.25) is 0 Å². The molecule has 0 aliphatic carbocycles. The van der Waals surface area contributed by atoms with Crippen molar-refractivity contribution < 1.29 is 4.74 Å². The molecule has 2 aromatic carbocycles. The van der Waals surface area contributed by atoms with Crippen molar-refractivity contribution in [2.45, 2.75) is 13.0 Å². The van der Waals surface area contributed by atoms with E-state index in [9.17, 15) is 5.21 Å². The minimum atomic E-state index is -0.256. The normalized spacial score (nSPS) is 13.5. The zero-order chi connectivity index (χ0) is 14.8. The van der Waals surface area contributed by atoms with Gasteiger partial charge in [0.1, 0.15) is 0 Å². The number of aromatic nitrogens is 1. The number of benzene rings is 2. The van der Waals surface area contributed by atoms with Gasteiger partial charge in [-0.15, -0.1) is 0 Å². The van der Waals surface area contributed by atoms with Crippen molar-refractivity contribution >= 4 is 33.0 Å². The quantitative estimate of drug-likeness (QED) is 0.321. The van der Waals surface area contributed by atoms with Crippen molar-refractivity contribution in [3.63, 3.8) is 0 Å². The highest BCUT2D eigenvalue weighted by Gasteiger charge is 2.17. The molecule has 1 heterocycles. The molecule has 3 rings (SSSR count). The number of rotatable bonds is 3. The molecule has 0 aliphatic heterocycles. The van der Waals surface area contributed by atoms with Crippen LogP contribution in [0.2, 0.25) is 0 Å². The first-order chi connectivity index (χ1) is 10.1. The van der Waals surface area contributed by atoms with E-state index in [-0.39, 0.29) is 6.04 Å². The first-order valence-electron chi connectivity index (χ1n) is 6.77. The third-order valence-electron chi connectivity index (χ3n) is 3.58. The topological polar surface area (TPSA) is 41.9 Å². The number of nitrogens with zero attached hydrogens (tertiary/aromatic N) is 1. The second kappa shape index (κ2) is 5.74. The van der Waals surface area contributed by atoms with Gasteiger partial charge in [-0.05, 0) is 30.3 Å². The molecule has 21 heavy (non-hydrogen) atoms. The van der Waals surface area contributed by atoms with Gasteiger partial charge in [0.05, 0.1) is 0 Å². The van der Waals surface area contributed by atoms with Crippen molar-refractivity contribution in [3.05, 3.63) is 75.5 Å². The summed E-state index contributed by atoms with van der Waals surface area (Å²) in [4.78, 5) is 3.21. The fourth-order valence-electron chi connectivity index (χ4n) is 2.39. The monoisotopic (exact) mass is 342 g/mol. The average molecular weight is 343 g/mol. The van der Waals surface area contributed by atoms with Crippen LogP contribution >= 0.6 is 15.9 Å². The van der Waals surface area contributed by atoms with E-state index in [0.717, 1.165) is 31.2 Å². The molecule has 0 spiro atoms. The second-order valence-electron chi connectivity index (χ2n) is 5.01. The van der Waals surface area contributed by atoms with Gasteiger partial charge in [0.15, 0.2) is 12.3 Å². The van der Waals surface area contributed by atoms with Crippen LogP contribution in [0.4, 0.5) is 0 Å². The molecular formula is C17H15BrN2O. The van der Waals surface area contributed by atoms with E-state index < -0.39 is 0 Å². The lowest BCUT2D eigenvalue weighted by Gasteiger charge is -2.12. The number of H-pyrrole nitrogens is 1. The molecule has 1 N–H and O–H groups in total. The summed E-state index contributed by atoms with van der Waals surface area (Å²) < 4.78 is 2.01. The van der Waals surface area contributed by atoms with E-state index in [0.29, 0.717) is 0 Å². The lowest BCUT2D eigenvalue weighted by Crippen LogP contribution is -2.11. The number of hydrogen-bond donors (Lipinski definition) is 1. The van der Waals surface area contributed by atoms with E-state index in [1.165, 1.54) is 0 Å². The van der Waals surface area contributed by atoms with E-state index in [1.54, 1.807) is 6.21 Å². The van der Waals surface area contributed by atoms with E-state index >= 15 is 0 Å². The Kier molecular flexibility index (Phi) is 3.80. The summed E-state index contributed by atoms with van der Waals surface area (Å²) >= 11 is 3.48. The third kappa shape index (κ3) is 2.85. The Morgan fingerprint density at radius 2 is 1.95 bits per heavy atom. The maximum atomic E-state index is 12.4.